The highest BCUT2D eigenvalue weighted by Crippen LogP contribution is 2.32. The van der Waals surface area contributed by atoms with Crippen LogP contribution < -0.4 is 16.4 Å². The number of amides is 1. The zero-order valence-corrected chi connectivity index (χ0v) is 13.1. The van der Waals surface area contributed by atoms with Gasteiger partial charge < -0.3 is 16.4 Å². The summed E-state index contributed by atoms with van der Waals surface area (Å²) in [5, 5.41) is 6.54. The van der Waals surface area contributed by atoms with Crippen molar-refractivity contribution >= 4 is 35.0 Å². The Labute approximate surface area is 135 Å². The summed E-state index contributed by atoms with van der Waals surface area (Å²) in [4.78, 5) is 12.4. The lowest BCUT2D eigenvalue weighted by Gasteiger charge is -2.25. The van der Waals surface area contributed by atoms with E-state index in [9.17, 15) is 4.79 Å². The fraction of sp³-hybridized carbons (Fsp3) is 0.353. The number of benzene rings is 1. The molecule has 1 aromatic carbocycles. The minimum absolute atomic E-state index is 0.0269. The van der Waals surface area contributed by atoms with Crippen molar-refractivity contribution in [2.24, 2.45) is 11.7 Å². The van der Waals surface area contributed by atoms with Gasteiger partial charge in [0.2, 0.25) is 5.91 Å². The Morgan fingerprint density at radius 3 is 2.77 bits per heavy atom. The number of rotatable bonds is 2. The molecule has 0 bridgehead atoms. The maximum atomic E-state index is 12.4. The fourth-order valence-electron chi connectivity index (χ4n) is 3.01. The Balaban J connectivity index is 1.77. The lowest BCUT2D eigenvalue weighted by atomic mass is 9.86. The molecule has 1 amide bonds. The molecule has 0 unspecified atom stereocenters. The predicted molar refractivity (Wildman–Crippen MR) is 91.2 cm³/mol. The Hall–Kier alpha value is -1.78. The van der Waals surface area contributed by atoms with Crippen LogP contribution in [0.4, 0.5) is 5.69 Å². The van der Waals surface area contributed by atoms with Crippen LogP contribution in [0.3, 0.4) is 0 Å². The van der Waals surface area contributed by atoms with Crippen molar-refractivity contribution in [3.63, 3.8) is 0 Å². The summed E-state index contributed by atoms with van der Waals surface area (Å²) in [7, 11) is 0. The molecule has 0 atom stereocenters. The van der Waals surface area contributed by atoms with Crippen molar-refractivity contribution < 1.29 is 4.79 Å². The normalized spacial score (nSPS) is 23.6. The van der Waals surface area contributed by atoms with Gasteiger partial charge in [0.25, 0.3) is 0 Å². The molecule has 1 aromatic rings. The number of nitrogens with one attached hydrogen (secondary N) is 2. The lowest BCUT2D eigenvalue weighted by molar-refractivity contribution is -0.120. The Morgan fingerprint density at radius 2 is 2.05 bits per heavy atom. The van der Waals surface area contributed by atoms with Crippen molar-refractivity contribution in [2.75, 3.05) is 5.32 Å². The molecular formula is C17H20ClN3O. The molecule has 2 aliphatic rings. The van der Waals surface area contributed by atoms with Crippen LogP contribution in [0.2, 0.25) is 5.02 Å². The summed E-state index contributed by atoms with van der Waals surface area (Å²) in [5.41, 5.74) is 9.29. The van der Waals surface area contributed by atoms with Crippen LogP contribution in [-0.2, 0) is 4.79 Å². The molecule has 116 valence electrons. The van der Waals surface area contributed by atoms with Crippen molar-refractivity contribution in [1.82, 2.24) is 5.32 Å². The van der Waals surface area contributed by atoms with E-state index in [2.05, 4.69) is 17.2 Å². The van der Waals surface area contributed by atoms with Crippen LogP contribution in [0.1, 0.15) is 36.8 Å². The van der Waals surface area contributed by atoms with E-state index >= 15 is 0 Å². The SMILES string of the molecule is C=C1NC=Cc2cc(NC(=O)C3CCC(N)CC3)c(Cl)cc21. The third-order valence-electron chi connectivity index (χ3n) is 4.39. The van der Waals surface area contributed by atoms with Crippen LogP contribution in [0.15, 0.2) is 24.9 Å². The zero-order valence-electron chi connectivity index (χ0n) is 12.4. The molecule has 3 rings (SSSR count). The quantitative estimate of drug-likeness (QED) is 0.783. The van der Waals surface area contributed by atoms with Crippen LogP contribution in [-0.4, -0.2) is 11.9 Å². The van der Waals surface area contributed by atoms with E-state index in [0.29, 0.717) is 10.7 Å². The van der Waals surface area contributed by atoms with Gasteiger partial charge in [-0.25, -0.2) is 0 Å². The van der Waals surface area contributed by atoms with Crippen molar-refractivity contribution in [1.29, 1.82) is 0 Å². The first-order valence-corrected chi connectivity index (χ1v) is 7.95. The number of hydrogen-bond donors (Lipinski definition) is 3. The van der Waals surface area contributed by atoms with Gasteiger partial charge in [-0.2, -0.15) is 0 Å². The standard InChI is InChI=1S/C17H20ClN3O/c1-10-14-9-15(18)16(8-12(14)6-7-20-10)21-17(22)11-2-4-13(19)5-3-11/h6-9,11,13,20H,1-5,19H2,(H,21,22). The average Bonchev–Trinajstić information content (AvgIpc) is 2.50. The summed E-state index contributed by atoms with van der Waals surface area (Å²) >= 11 is 6.30. The van der Waals surface area contributed by atoms with E-state index in [1.54, 1.807) is 0 Å². The molecule has 1 saturated carbocycles. The van der Waals surface area contributed by atoms with Gasteiger partial charge in [-0.15, -0.1) is 0 Å². The molecule has 1 aliphatic heterocycles. The average molecular weight is 318 g/mol. The van der Waals surface area contributed by atoms with Crippen molar-refractivity contribution in [3.8, 4) is 0 Å². The third-order valence-corrected chi connectivity index (χ3v) is 4.70. The van der Waals surface area contributed by atoms with Crippen LogP contribution in [0.5, 0.6) is 0 Å². The molecule has 0 spiro atoms. The Bertz CT molecular complexity index is 646. The van der Waals surface area contributed by atoms with Gasteiger partial charge in [-0.05, 0) is 49.5 Å². The summed E-state index contributed by atoms with van der Waals surface area (Å²) < 4.78 is 0. The van der Waals surface area contributed by atoms with Gasteiger partial charge >= 0.3 is 0 Å². The molecule has 1 fully saturated rings. The number of hydrogen-bond acceptors (Lipinski definition) is 3. The summed E-state index contributed by atoms with van der Waals surface area (Å²) in [6.07, 6.45) is 7.27. The van der Waals surface area contributed by atoms with Crippen LogP contribution >= 0.6 is 11.6 Å². The first-order valence-electron chi connectivity index (χ1n) is 7.57. The maximum Gasteiger partial charge on any atom is 0.227 e. The monoisotopic (exact) mass is 317 g/mol. The number of anilines is 1. The van der Waals surface area contributed by atoms with Gasteiger partial charge in [0.05, 0.1) is 10.7 Å². The van der Waals surface area contributed by atoms with E-state index < -0.39 is 0 Å². The molecule has 4 nitrogen and oxygen atoms in total. The Kier molecular flexibility index (Phi) is 4.23. The second kappa shape index (κ2) is 6.15. The first-order chi connectivity index (χ1) is 10.5. The maximum absolute atomic E-state index is 12.4. The molecule has 1 aliphatic carbocycles. The smallest absolute Gasteiger partial charge is 0.227 e. The van der Waals surface area contributed by atoms with E-state index in [0.717, 1.165) is 42.5 Å². The molecule has 0 aromatic heterocycles. The zero-order chi connectivity index (χ0) is 15.7. The Morgan fingerprint density at radius 1 is 1.32 bits per heavy atom. The second-order valence-corrected chi connectivity index (χ2v) is 6.38. The fourth-order valence-corrected chi connectivity index (χ4v) is 3.22. The van der Waals surface area contributed by atoms with Gasteiger partial charge in [0, 0.05) is 29.4 Å². The lowest BCUT2D eigenvalue weighted by Crippen LogP contribution is -2.32. The second-order valence-electron chi connectivity index (χ2n) is 5.98. The van der Waals surface area contributed by atoms with Gasteiger partial charge in [0.15, 0.2) is 0 Å². The van der Waals surface area contributed by atoms with Crippen molar-refractivity contribution in [3.05, 3.63) is 41.1 Å². The van der Waals surface area contributed by atoms with E-state index in [-0.39, 0.29) is 17.9 Å². The minimum atomic E-state index is 0.0269. The number of carbonyl (C=O) groups is 1. The number of fused-ring (bicyclic) bond motifs is 1. The van der Waals surface area contributed by atoms with E-state index in [1.165, 1.54) is 0 Å². The number of carbonyl (C=O) groups excluding carboxylic acids is 1. The third kappa shape index (κ3) is 3.03. The van der Waals surface area contributed by atoms with Crippen LogP contribution in [0.25, 0.3) is 11.8 Å². The van der Waals surface area contributed by atoms with Gasteiger partial charge in [0.1, 0.15) is 0 Å². The van der Waals surface area contributed by atoms with Crippen LogP contribution in [0, 0.1) is 5.92 Å². The highest BCUT2D eigenvalue weighted by molar-refractivity contribution is 6.34. The van der Waals surface area contributed by atoms with E-state index in [1.807, 2.05) is 24.4 Å². The number of nitrogens with two attached hydrogens (primary N) is 1. The topological polar surface area (TPSA) is 67.1 Å². The molecule has 1 heterocycles. The summed E-state index contributed by atoms with van der Waals surface area (Å²) in [6.45, 7) is 3.95. The summed E-state index contributed by atoms with van der Waals surface area (Å²) in [5.74, 6) is 0.0598. The molecule has 22 heavy (non-hydrogen) atoms. The minimum Gasteiger partial charge on any atom is -0.362 e. The molecule has 0 radical (unpaired) electrons. The predicted octanol–water partition coefficient (Wildman–Crippen LogP) is 3.34. The number of halogens is 1. The van der Waals surface area contributed by atoms with Gasteiger partial charge in [-0.1, -0.05) is 18.2 Å². The highest BCUT2D eigenvalue weighted by atomic mass is 35.5. The first kappa shape index (κ1) is 15.1. The molecule has 5 heteroatoms. The van der Waals surface area contributed by atoms with Gasteiger partial charge in [-0.3, -0.25) is 4.79 Å². The van der Waals surface area contributed by atoms with Crippen molar-refractivity contribution in [2.45, 2.75) is 31.7 Å². The molecule has 4 N–H and O–H groups in total. The van der Waals surface area contributed by atoms with E-state index in [4.69, 9.17) is 17.3 Å². The highest BCUT2D eigenvalue weighted by Gasteiger charge is 2.25. The molecular weight excluding hydrogens is 298 g/mol. The summed E-state index contributed by atoms with van der Waals surface area (Å²) in [6, 6.07) is 3.97. The largest absolute Gasteiger partial charge is 0.362 e. The molecule has 0 saturated heterocycles.